The van der Waals surface area contributed by atoms with Gasteiger partial charge in [0.05, 0.1) is 6.10 Å². The Morgan fingerprint density at radius 3 is 2.56 bits per heavy atom. The molecule has 1 aliphatic carbocycles. The van der Waals surface area contributed by atoms with Crippen LogP contribution in [0.1, 0.15) is 26.7 Å². The van der Waals surface area contributed by atoms with Crippen molar-refractivity contribution in [2.24, 2.45) is 11.8 Å². The molecule has 0 spiro atoms. The van der Waals surface area contributed by atoms with Crippen molar-refractivity contribution in [3.8, 4) is 0 Å². The molecule has 5 nitrogen and oxygen atoms in total. The molecule has 0 aliphatic heterocycles. The molecule has 1 fully saturated rings. The van der Waals surface area contributed by atoms with Crippen LogP contribution in [0.2, 0.25) is 0 Å². The average molecular weight is 228 g/mol. The predicted octanol–water partition coefficient (Wildman–Crippen LogP) is -0.354. The fourth-order valence-electron chi connectivity index (χ4n) is 1.47. The summed E-state index contributed by atoms with van der Waals surface area (Å²) in [6.07, 6.45) is 0.686. The van der Waals surface area contributed by atoms with Crippen LogP contribution in [0.3, 0.4) is 0 Å². The first-order valence-electron chi connectivity index (χ1n) is 5.73. The molecule has 0 aromatic heterocycles. The van der Waals surface area contributed by atoms with Crippen molar-refractivity contribution in [1.29, 1.82) is 0 Å². The third kappa shape index (κ3) is 4.61. The van der Waals surface area contributed by atoms with Gasteiger partial charge in [0.25, 0.3) is 0 Å². The van der Waals surface area contributed by atoms with E-state index in [1.807, 2.05) is 6.92 Å². The molecule has 1 saturated carbocycles. The zero-order valence-electron chi connectivity index (χ0n) is 9.82. The van der Waals surface area contributed by atoms with Crippen molar-refractivity contribution >= 4 is 11.8 Å². The lowest BCUT2D eigenvalue weighted by Crippen LogP contribution is -2.34. The third-order valence-electron chi connectivity index (χ3n) is 2.69. The van der Waals surface area contributed by atoms with E-state index < -0.39 is 6.10 Å². The molecule has 3 atom stereocenters. The molecule has 92 valence electrons. The smallest absolute Gasteiger partial charge is 0.223 e. The van der Waals surface area contributed by atoms with Crippen LogP contribution in [0, 0.1) is 11.8 Å². The topological polar surface area (TPSA) is 78.4 Å². The van der Waals surface area contributed by atoms with E-state index >= 15 is 0 Å². The SMILES string of the molecule is CC(O)CNC(=O)CCNC(=O)C1CC1C. The minimum Gasteiger partial charge on any atom is -0.392 e. The van der Waals surface area contributed by atoms with Gasteiger partial charge < -0.3 is 15.7 Å². The largest absolute Gasteiger partial charge is 0.392 e. The molecule has 0 aromatic rings. The van der Waals surface area contributed by atoms with E-state index in [0.717, 1.165) is 6.42 Å². The first-order chi connectivity index (χ1) is 7.50. The lowest BCUT2D eigenvalue weighted by atomic mass is 10.3. The minimum atomic E-state index is -0.536. The van der Waals surface area contributed by atoms with Crippen molar-refractivity contribution < 1.29 is 14.7 Å². The summed E-state index contributed by atoms with van der Waals surface area (Å²) >= 11 is 0. The van der Waals surface area contributed by atoms with Crippen LogP contribution in [-0.4, -0.2) is 36.1 Å². The van der Waals surface area contributed by atoms with E-state index in [9.17, 15) is 9.59 Å². The van der Waals surface area contributed by atoms with Gasteiger partial charge >= 0.3 is 0 Å². The first kappa shape index (κ1) is 13.0. The third-order valence-corrected chi connectivity index (χ3v) is 2.69. The highest BCUT2D eigenvalue weighted by molar-refractivity contribution is 5.82. The fourth-order valence-corrected chi connectivity index (χ4v) is 1.47. The molecule has 0 bridgehead atoms. The second-order valence-electron chi connectivity index (χ2n) is 4.51. The molecular weight excluding hydrogens is 208 g/mol. The molecule has 1 aliphatic rings. The Morgan fingerprint density at radius 2 is 2.06 bits per heavy atom. The molecule has 0 aromatic carbocycles. The molecule has 5 heteroatoms. The van der Waals surface area contributed by atoms with Gasteiger partial charge in [-0.25, -0.2) is 0 Å². The highest BCUT2D eigenvalue weighted by atomic mass is 16.3. The summed E-state index contributed by atoms with van der Waals surface area (Å²) in [6.45, 7) is 4.27. The van der Waals surface area contributed by atoms with E-state index in [-0.39, 0.29) is 30.7 Å². The van der Waals surface area contributed by atoms with Crippen molar-refractivity contribution in [3.63, 3.8) is 0 Å². The highest BCUT2D eigenvalue weighted by Crippen LogP contribution is 2.37. The van der Waals surface area contributed by atoms with Gasteiger partial charge in [-0.05, 0) is 19.3 Å². The summed E-state index contributed by atoms with van der Waals surface area (Å²) in [5.41, 5.74) is 0. The first-order valence-corrected chi connectivity index (χ1v) is 5.73. The monoisotopic (exact) mass is 228 g/mol. The number of rotatable bonds is 6. The zero-order valence-corrected chi connectivity index (χ0v) is 9.82. The van der Waals surface area contributed by atoms with Crippen LogP contribution in [0.15, 0.2) is 0 Å². The maximum absolute atomic E-state index is 11.4. The van der Waals surface area contributed by atoms with Crippen LogP contribution in [0.4, 0.5) is 0 Å². The van der Waals surface area contributed by atoms with Crippen molar-refractivity contribution in [1.82, 2.24) is 10.6 Å². The molecule has 0 saturated heterocycles. The molecule has 3 N–H and O–H groups in total. The summed E-state index contributed by atoms with van der Waals surface area (Å²) < 4.78 is 0. The highest BCUT2D eigenvalue weighted by Gasteiger charge is 2.38. The summed E-state index contributed by atoms with van der Waals surface area (Å²) in [4.78, 5) is 22.6. The van der Waals surface area contributed by atoms with Crippen molar-refractivity contribution in [2.75, 3.05) is 13.1 Å². The number of hydrogen-bond donors (Lipinski definition) is 3. The van der Waals surface area contributed by atoms with E-state index in [2.05, 4.69) is 10.6 Å². The number of carbonyl (C=O) groups excluding carboxylic acids is 2. The average Bonchev–Trinajstić information content (AvgIpc) is 2.92. The molecule has 1 rings (SSSR count). The molecule has 3 unspecified atom stereocenters. The van der Waals surface area contributed by atoms with Gasteiger partial charge in [0, 0.05) is 25.4 Å². The summed E-state index contributed by atoms with van der Waals surface area (Å²) in [7, 11) is 0. The predicted molar refractivity (Wildman–Crippen MR) is 59.6 cm³/mol. The summed E-state index contributed by atoms with van der Waals surface area (Å²) in [5, 5.41) is 14.2. The van der Waals surface area contributed by atoms with Crippen LogP contribution < -0.4 is 10.6 Å². The number of amides is 2. The van der Waals surface area contributed by atoms with Gasteiger partial charge in [0.1, 0.15) is 0 Å². The zero-order chi connectivity index (χ0) is 12.1. The molecular formula is C11H20N2O3. The molecule has 0 radical (unpaired) electrons. The number of aliphatic hydroxyl groups excluding tert-OH is 1. The van der Waals surface area contributed by atoms with Crippen molar-refractivity contribution in [2.45, 2.75) is 32.8 Å². The van der Waals surface area contributed by atoms with Crippen LogP contribution in [-0.2, 0) is 9.59 Å². The minimum absolute atomic E-state index is 0.0517. The normalized spacial score (nSPS) is 24.7. The van der Waals surface area contributed by atoms with Gasteiger partial charge in [0.15, 0.2) is 0 Å². The lowest BCUT2D eigenvalue weighted by Gasteiger charge is -2.07. The van der Waals surface area contributed by atoms with E-state index in [1.54, 1.807) is 6.92 Å². The Balaban J connectivity index is 2.02. The number of hydrogen-bond acceptors (Lipinski definition) is 3. The molecule has 0 heterocycles. The Bertz CT molecular complexity index is 266. The quantitative estimate of drug-likeness (QED) is 0.581. The molecule has 2 amide bonds. The maximum Gasteiger partial charge on any atom is 0.223 e. The fraction of sp³-hybridized carbons (Fsp3) is 0.818. The van der Waals surface area contributed by atoms with E-state index in [4.69, 9.17) is 5.11 Å². The van der Waals surface area contributed by atoms with Crippen LogP contribution in [0.25, 0.3) is 0 Å². The van der Waals surface area contributed by atoms with Gasteiger partial charge in [0.2, 0.25) is 11.8 Å². The molecule has 16 heavy (non-hydrogen) atoms. The van der Waals surface area contributed by atoms with Gasteiger partial charge in [-0.2, -0.15) is 0 Å². The van der Waals surface area contributed by atoms with Gasteiger partial charge in [-0.1, -0.05) is 6.92 Å². The Hall–Kier alpha value is -1.10. The number of nitrogens with one attached hydrogen (secondary N) is 2. The maximum atomic E-state index is 11.4. The van der Waals surface area contributed by atoms with E-state index in [1.165, 1.54) is 0 Å². The Kier molecular flexibility index (Phi) is 4.73. The van der Waals surface area contributed by atoms with Crippen LogP contribution in [0.5, 0.6) is 0 Å². The Morgan fingerprint density at radius 1 is 1.44 bits per heavy atom. The van der Waals surface area contributed by atoms with Gasteiger partial charge in [-0.3, -0.25) is 9.59 Å². The van der Waals surface area contributed by atoms with Crippen LogP contribution >= 0.6 is 0 Å². The summed E-state index contributed by atoms with van der Waals surface area (Å²) in [5.74, 6) is 0.547. The second kappa shape index (κ2) is 5.84. The lowest BCUT2D eigenvalue weighted by molar-refractivity contribution is -0.123. The standard InChI is InChI=1S/C11H20N2O3/c1-7-5-9(7)11(16)12-4-3-10(15)13-6-8(2)14/h7-9,14H,3-6H2,1-2H3,(H,12,16)(H,13,15). The van der Waals surface area contributed by atoms with Gasteiger partial charge in [-0.15, -0.1) is 0 Å². The second-order valence-corrected chi connectivity index (χ2v) is 4.51. The van der Waals surface area contributed by atoms with E-state index in [0.29, 0.717) is 12.5 Å². The number of aliphatic hydroxyl groups is 1. The van der Waals surface area contributed by atoms with Crippen molar-refractivity contribution in [3.05, 3.63) is 0 Å². The Labute approximate surface area is 95.6 Å². The summed E-state index contributed by atoms with van der Waals surface area (Å²) in [6, 6.07) is 0. The number of carbonyl (C=O) groups is 2.